The number of rotatable bonds is 57. The molecule has 0 spiro atoms. The fourth-order valence-corrected chi connectivity index (χ4v) is 9.33. The van der Waals surface area contributed by atoms with Gasteiger partial charge in [-0.1, -0.05) is 268 Å². The van der Waals surface area contributed by atoms with Gasteiger partial charge in [0.25, 0.3) is 0 Å². The number of aliphatic hydroxyl groups is 2. The summed E-state index contributed by atoms with van der Waals surface area (Å²) in [6, 6.07) is -0.636. The molecule has 0 aromatic rings. The quantitative estimate of drug-likeness (QED) is 0.0244. The zero-order valence-electron chi connectivity index (χ0n) is 46.7. The molecule has 0 rings (SSSR count). The van der Waals surface area contributed by atoms with E-state index in [1.165, 1.54) is 218 Å². The Morgan fingerprint density at radius 3 is 1.10 bits per heavy atom. The lowest BCUT2D eigenvalue weighted by Crippen LogP contribution is -2.45. The molecule has 0 heterocycles. The maximum Gasteiger partial charge on any atom is 0.305 e. The van der Waals surface area contributed by atoms with Gasteiger partial charge >= 0.3 is 5.97 Å². The molecule has 0 saturated heterocycles. The molecule has 2 atom stereocenters. The molecule has 0 fully saturated rings. The van der Waals surface area contributed by atoms with Crippen LogP contribution in [-0.4, -0.2) is 47.4 Å². The molecule has 2 unspecified atom stereocenters. The van der Waals surface area contributed by atoms with E-state index in [0.717, 1.165) is 77.0 Å². The molecule has 410 valence electrons. The van der Waals surface area contributed by atoms with Crippen LogP contribution in [-0.2, 0) is 14.3 Å². The molecule has 0 radical (unpaired) electrons. The Morgan fingerprint density at radius 2 is 0.714 bits per heavy atom. The number of hydrogen-bond acceptors (Lipinski definition) is 5. The van der Waals surface area contributed by atoms with E-state index in [2.05, 4.69) is 55.6 Å². The maximum absolute atomic E-state index is 12.5. The first kappa shape index (κ1) is 67.8. The van der Waals surface area contributed by atoms with Crippen LogP contribution < -0.4 is 5.32 Å². The van der Waals surface area contributed by atoms with Crippen LogP contribution in [0.15, 0.2) is 48.6 Å². The van der Waals surface area contributed by atoms with Crippen molar-refractivity contribution in [3.05, 3.63) is 48.6 Å². The van der Waals surface area contributed by atoms with Crippen molar-refractivity contribution < 1.29 is 24.5 Å². The van der Waals surface area contributed by atoms with Gasteiger partial charge in [0.2, 0.25) is 5.91 Å². The number of esters is 1. The molecule has 3 N–H and O–H groups in total. The first-order valence-electron chi connectivity index (χ1n) is 30.9. The average molecular weight is 983 g/mol. The number of carbonyl (C=O) groups is 2. The lowest BCUT2D eigenvalue weighted by molar-refractivity contribution is -0.143. The zero-order valence-corrected chi connectivity index (χ0v) is 46.7. The van der Waals surface area contributed by atoms with E-state index in [1.54, 1.807) is 6.08 Å². The van der Waals surface area contributed by atoms with Crippen LogP contribution in [0.1, 0.15) is 322 Å². The third-order valence-corrected chi connectivity index (χ3v) is 14.1. The van der Waals surface area contributed by atoms with Crippen LogP contribution in [0.25, 0.3) is 0 Å². The monoisotopic (exact) mass is 982 g/mol. The summed E-state index contributed by atoms with van der Waals surface area (Å²) in [5.41, 5.74) is 0. The molecule has 0 aliphatic carbocycles. The normalized spacial score (nSPS) is 12.9. The smallest absolute Gasteiger partial charge is 0.305 e. The SMILES string of the molecule is CCCCCCCC/C=C\CCCCCCCCCCCC(=O)OCCCCC/C=C\C=C/CCCCCCCCCCCCC(=O)NC(CO)C(O)/C=C/CCCCCCCCCCCCCCC. The largest absolute Gasteiger partial charge is 0.466 e. The Morgan fingerprint density at radius 1 is 0.400 bits per heavy atom. The summed E-state index contributed by atoms with van der Waals surface area (Å²) in [6.45, 7) is 4.87. The van der Waals surface area contributed by atoms with Crippen molar-refractivity contribution in [2.45, 2.75) is 334 Å². The molecule has 0 aliphatic heterocycles. The van der Waals surface area contributed by atoms with E-state index in [0.29, 0.717) is 19.4 Å². The van der Waals surface area contributed by atoms with Gasteiger partial charge in [-0.15, -0.1) is 0 Å². The predicted octanol–water partition coefficient (Wildman–Crippen LogP) is 19.4. The van der Waals surface area contributed by atoms with E-state index in [-0.39, 0.29) is 18.5 Å². The molecular weight excluding hydrogens is 863 g/mol. The number of carbonyl (C=O) groups excluding carboxylic acids is 2. The Balaban J connectivity index is 3.49. The van der Waals surface area contributed by atoms with Crippen LogP contribution in [0, 0.1) is 0 Å². The number of hydrogen-bond donors (Lipinski definition) is 3. The maximum atomic E-state index is 12.5. The zero-order chi connectivity index (χ0) is 50.7. The molecule has 0 aliphatic rings. The highest BCUT2D eigenvalue weighted by atomic mass is 16.5. The van der Waals surface area contributed by atoms with Crippen molar-refractivity contribution in [1.29, 1.82) is 0 Å². The van der Waals surface area contributed by atoms with E-state index in [9.17, 15) is 19.8 Å². The Hall–Kier alpha value is -2.18. The summed E-state index contributed by atoms with van der Waals surface area (Å²) in [5, 5.41) is 23.1. The van der Waals surface area contributed by atoms with Crippen LogP contribution in [0.4, 0.5) is 0 Å². The van der Waals surface area contributed by atoms with Crippen molar-refractivity contribution in [1.82, 2.24) is 5.32 Å². The Bertz CT molecular complexity index is 1180. The molecule has 6 nitrogen and oxygen atoms in total. The van der Waals surface area contributed by atoms with Gasteiger partial charge in [-0.3, -0.25) is 9.59 Å². The molecule has 1 amide bonds. The van der Waals surface area contributed by atoms with Crippen LogP contribution in [0.3, 0.4) is 0 Å². The fourth-order valence-electron chi connectivity index (χ4n) is 9.33. The first-order chi connectivity index (χ1) is 34.5. The summed E-state index contributed by atoms with van der Waals surface area (Å²) in [6.07, 6.45) is 75.7. The Labute approximate surface area is 436 Å². The number of aliphatic hydroxyl groups excluding tert-OH is 2. The van der Waals surface area contributed by atoms with E-state index in [4.69, 9.17) is 4.74 Å². The summed E-state index contributed by atoms with van der Waals surface area (Å²) < 4.78 is 5.47. The molecule has 0 bridgehead atoms. The highest BCUT2D eigenvalue weighted by Crippen LogP contribution is 2.16. The lowest BCUT2D eigenvalue weighted by atomic mass is 10.0. The topological polar surface area (TPSA) is 95.9 Å². The minimum absolute atomic E-state index is 0.0148. The minimum Gasteiger partial charge on any atom is -0.466 e. The van der Waals surface area contributed by atoms with Crippen molar-refractivity contribution in [2.24, 2.45) is 0 Å². The molecular formula is C64H119NO5. The summed E-state index contributed by atoms with van der Waals surface area (Å²) in [7, 11) is 0. The Kier molecular flexibility index (Phi) is 57.5. The van der Waals surface area contributed by atoms with Crippen molar-refractivity contribution in [2.75, 3.05) is 13.2 Å². The van der Waals surface area contributed by atoms with Crippen LogP contribution in [0.5, 0.6) is 0 Å². The summed E-state index contributed by atoms with van der Waals surface area (Å²) >= 11 is 0. The van der Waals surface area contributed by atoms with Gasteiger partial charge in [-0.2, -0.15) is 0 Å². The second kappa shape index (κ2) is 59.4. The van der Waals surface area contributed by atoms with Crippen molar-refractivity contribution >= 4 is 11.9 Å². The van der Waals surface area contributed by atoms with Crippen LogP contribution in [0.2, 0.25) is 0 Å². The highest BCUT2D eigenvalue weighted by molar-refractivity contribution is 5.76. The third kappa shape index (κ3) is 55.1. The third-order valence-electron chi connectivity index (χ3n) is 14.1. The molecule has 0 aromatic carbocycles. The number of amides is 1. The lowest BCUT2D eigenvalue weighted by Gasteiger charge is -2.20. The van der Waals surface area contributed by atoms with Gasteiger partial charge in [0.15, 0.2) is 0 Å². The number of allylic oxidation sites excluding steroid dienone is 7. The second-order valence-electron chi connectivity index (χ2n) is 21.1. The van der Waals surface area contributed by atoms with E-state index < -0.39 is 12.1 Å². The number of ether oxygens (including phenoxy) is 1. The predicted molar refractivity (Wildman–Crippen MR) is 306 cm³/mol. The van der Waals surface area contributed by atoms with Gasteiger partial charge in [0.05, 0.1) is 25.4 Å². The standard InChI is InChI=1S/C64H119NO5/c1-3-5-7-9-11-13-15-17-19-20-22-26-30-34-38-42-46-50-54-58-64(69)70-59-55-51-47-43-39-35-31-27-24-21-23-25-29-33-37-41-45-49-53-57-63(68)65-61(60-66)62(67)56-52-48-44-40-36-32-28-18-16-14-12-10-8-6-4-2/h17,19,27,31,35,39,52,56,61-62,66-67H,3-16,18,20-26,28-30,32-34,36-38,40-51,53-55,57-60H2,1-2H3,(H,65,68)/b19-17-,31-27-,39-35-,56-52+. The van der Waals surface area contributed by atoms with Gasteiger partial charge < -0.3 is 20.3 Å². The summed E-state index contributed by atoms with van der Waals surface area (Å²) in [5.74, 6) is -0.0923. The molecule has 6 heteroatoms. The number of unbranched alkanes of at least 4 members (excludes halogenated alkanes) is 41. The minimum atomic E-state index is -0.852. The van der Waals surface area contributed by atoms with Crippen LogP contribution >= 0.6 is 0 Å². The second-order valence-corrected chi connectivity index (χ2v) is 21.1. The molecule has 0 saturated carbocycles. The first-order valence-corrected chi connectivity index (χ1v) is 30.9. The summed E-state index contributed by atoms with van der Waals surface area (Å²) in [4.78, 5) is 24.5. The van der Waals surface area contributed by atoms with Gasteiger partial charge in [0, 0.05) is 12.8 Å². The molecule has 0 aromatic heterocycles. The van der Waals surface area contributed by atoms with Crippen molar-refractivity contribution in [3.8, 4) is 0 Å². The van der Waals surface area contributed by atoms with E-state index >= 15 is 0 Å². The van der Waals surface area contributed by atoms with Gasteiger partial charge in [0.1, 0.15) is 0 Å². The van der Waals surface area contributed by atoms with Gasteiger partial charge in [-0.05, 0) is 89.9 Å². The highest BCUT2D eigenvalue weighted by Gasteiger charge is 2.18. The molecule has 70 heavy (non-hydrogen) atoms. The van der Waals surface area contributed by atoms with E-state index in [1.807, 2.05) is 6.08 Å². The van der Waals surface area contributed by atoms with Crippen molar-refractivity contribution in [3.63, 3.8) is 0 Å². The number of nitrogens with one attached hydrogen (secondary N) is 1. The fraction of sp³-hybridized carbons (Fsp3) is 0.844. The van der Waals surface area contributed by atoms with Gasteiger partial charge in [-0.25, -0.2) is 0 Å². The average Bonchev–Trinajstić information content (AvgIpc) is 3.36.